The largest absolute Gasteiger partial charge is 0.497 e. The van der Waals surface area contributed by atoms with Crippen LogP contribution in [0.25, 0.3) is 11.5 Å². The van der Waals surface area contributed by atoms with Crippen molar-refractivity contribution in [2.24, 2.45) is 0 Å². The number of nitrogens with zero attached hydrogens (tertiary/aromatic N) is 3. The number of benzene rings is 2. The van der Waals surface area contributed by atoms with Gasteiger partial charge in [-0.1, -0.05) is 5.16 Å². The van der Waals surface area contributed by atoms with Gasteiger partial charge in [-0.3, -0.25) is 4.79 Å². The van der Waals surface area contributed by atoms with E-state index in [1.807, 2.05) is 24.3 Å². The molecule has 0 bridgehead atoms. The first-order valence-corrected chi connectivity index (χ1v) is 9.21. The summed E-state index contributed by atoms with van der Waals surface area (Å²) in [7, 11) is 3.20. The Morgan fingerprint density at radius 3 is 2.34 bits per heavy atom. The minimum absolute atomic E-state index is 0.0696. The summed E-state index contributed by atoms with van der Waals surface area (Å²) < 4.78 is 21.5. The van der Waals surface area contributed by atoms with E-state index in [9.17, 15) is 4.79 Å². The Labute approximate surface area is 168 Å². The van der Waals surface area contributed by atoms with Crippen LogP contribution in [0.5, 0.6) is 11.5 Å². The van der Waals surface area contributed by atoms with Crippen LogP contribution < -0.4 is 9.47 Å². The number of carbonyl (C=O) groups is 1. The molecule has 0 N–H and O–H groups in total. The lowest BCUT2D eigenvalue weighted by molar-refractivity contribution is -0.0276. The normalized spacial score (nSPS) is 16.5. The lowest BCUT2D eigenvalue weighted by Crippen LogP contribution is -2.42. The van der Waals surface area contributed by atoms with Crippen LogP contribution in [0.4, 0.5) is 0 Å². The van der Waals surface area contributed by atoms with Crippen LogP contribution in [0.2, 0.25) is 0 Å². The van der Waals surface area contributed by atoms with Gasteiger partial charge in [0, 0.05) is 17.7 Å². The predicted molar refractivity (Wildman–Crippen MR) is 104 cm³/mol. The molecule has 0 saturated carbocycles. The summed E-state index contributed by atoms with van der Waals surface area (Å²) in [5, 5.41) is 4.05. The molecule has 1 aromatic heterocycles. The van der Waals surface area contributed by atoms with E-state index in [2.05, 4.69) is 10.1 Å². The summed E-state index contributed by atoms with van der Waals surface area (Å²) in [6, 6.07) is 14.4. The number of rotatable bonds is 5. The van der Waals surface area contributed by atoms with E-state index in [0.29, 0.717) is 42.7 Å². The van der Waals surface area contributed by atoms with Crippen LogP contribution in [-0.4, -0.2) is 54.9 Å². The van der Waals surface area contributed by atoms with E-state index in [-0.39, 0.29) is 5.91 Å². The fourth-order valence-electron chi connectivity index (χ4n) is 3.12. The van der Waals surface area contributed by atoms with Gasteiger partial charge in [0.15, 0.2) is 0 Å². The number of ether oxygens (including phenoxy) is 3. The quantitative estimate of drug-likeness (QED) is 0.656. The zero-order valence-corrected chi connectivity index (χ0v) is 16.2. The van der Waals surface area contributed by atoms with Crippen molar-refractivity contribution in [1.82, 2.24) is 15.0 Å². The second kappa shape index (κ2) is 8.32. The maximum Gasteiger partial charge on any atom is 0.258 e. The number of hydrogen-bond acceptors (Lipinski definition) is 7. The Morgan fingerprint density at radius 1 is 1.03 bits per heavy atom. The molecule has 0 radical (unpaired) electrons. The summed E-state index contributed by atoms with van der Waals surface area (Å²) in [5.74, 6) is 2.20. The fraction of sp³-hybridized carbons (Fsp3) is 0.286. The third-order valence-electron chi connectivity index (χ3n) is 4.76. The standard InChI is InChI=1S/C21H21N3O5/c1-26-16-7-3-14(4-8-16)20-22-19(23-29-20)18-13-24(11-12-28-18)21(25)15-5-9-17(27-2)10-6-15/h3-10,18H,11-13H2,1-2H3. The Kier molecular flexibility index (Phi) is 5.44. The topological polar surface area (TPSA) is 86.9 Å². The minimum atomic E-state index is -0.443. The number of hydrogen-bond donors (Lipinski definition) is 0. The molecule has 1 saturated heterocycles. The highest BCUT2D eigenvalue weighted by atomic mass is 16.5. The maximum absolute atomic E-state index is 12.8. The average molecular weight is 395 g/mol. The fourth-order valence-corrected chi connectivity index (χ4v) is 3.12. The van der Waals surface area contributed by atoms with E-state index >= 15 is 0 Å². The van der Waals surface area contributed by atoms with Gasteiger partial charge in [-0.25, -0.2) is 0 Å². The molecule has 0 aliphatic carbocycles. The highest BCUT2D eigenvalue weighted by molar-refractivity contribution is 5.94. The van der Waals surface area contributed by atoms with Gasteiger partial charge in [-0.15, -0.1) is 0 Å². The Balaban J connectivity index is 1.46. The summed E-state index contributed by atoms with van der Waals surface area (Å²) in [5.41, 5.74) is 1.38. The lowest BCUT2D eigenvalue weighted by atomic mass is 10.1. The highest BCUT2D eigenvalue weighted by Gasteiger charge is 2.29. The second-order valence-electron chi connectivity index (χ2n) is 6.53. The molecule has 1 unspecified atom stereocenters. The van der Waals surface area contributed by atoms with Crippen LogP contribution in [0, 0.1) is 0 Å². The van der Waals surface area contributed by atoms with Crippen LogP contribution >= 0.6 is 0 Å². The molecule has 2 heterocycles. The van der Waals surface area contributed by atoms with Gasteiger partial charge in [-0.05, 0) is 48.5 Å². The molecule has 150 valence electrons. The van der Waals surface area contributed by atoms with Crippen molar-refractivity contribution in [3.05, 3.63) is 59.9 Å². The number of methoxy groups -OCH3 is 2. The van der Waals surface area contributed by atoms with Gasteiger partial charge < -0.3 is 23.6 Å². The monoisotopic (exact) mass is 395 g/mol. The molecule has 0 spiro atoms. The van der Waals surface area contributed by atoms with Crippen molar-refractivity contribution in [2.75, 3.05) is 33.9 Å². The molecule has 1 aliphatic rings. The molecule has 3 aromatic rings. The molecular weight excluding hydrogens is 374 g/mol. The van der Waals surface area contributed by atoms with Crippen molar-refractivity contribution in [2.45, 2.75) is 6.10 Å². The zero-order chi connectivity index (χ0) is 20.2. The van der Waals surface area contributed by atoms with E-state index in [4.69, 9.17) is 18.7 Å². The molecule has 1 fully saturated rings. The summed E-state index contributed by atoms with van der Waals surface area (Å²) in [6.07, 6.45) is -0.443. The van der Waals surface area contributed by atoms with Crippen LogP contribution in [0.1, 0.15) is 22.3 Å². The molecule has 1 amide bonds. The van der Waals surface area contributed by atoms with Gasteiger partial charge in [-0.2, -0.15) is 4.98 Å². The number of carbonyl (C=O) groups excluding carboxylic acids is 1. The first-order valence-electron chi connectivity index (χ1n) is 9.21. The zero-order valence-electron chi connectivity index (χ0n) is 16.2. The number of morpholine rings is 1. The van der Waals surface area contributed by atoms with E-state index < -0.39 is 6.10 Å². The van der Waals surface area contributed by atoms with Gasteiger partial charge in [0.25, 0.3) is 11.8 Å². The SMILES string of the molecule is COc1ccc(C(=O)N2CCOC(c3noc(-c4ccc(OC)cc4)n3)C2)cc1. The predicted octanol–water partition coefficient (Wildman–Crippen LogP) is 2.97. The third kappa shape index (κ3) is 4.07. The molecule has 4 rings (SSSR count). The van der Waals surface area contributed by atoms with Crippen LogP contribution in [-0.2, 0) is 4.74 Å². The molecule has 8 heteroatoms. The molecular formula is C21H21N3O5. The second-order valence-corrected chi connectivity index (χ2v) is 6.53. The Bertz CT molecular complexity index is 969. The molecule has 8 nitrogen and oxygen atoms in total. The van der Waals surface area contributed by atoms with Crippen LogP contribution in [0.15, 0.2) is 53.1 Å². The van der Waals surface area contributed by atoms with Crippen LogP contribution in [0.3, 0.4) is 0 Å². The highest BCUT2D eigenvalue weighted by Crippen LogP contribution is 2.26. The van der Waals surface area contributed by atoms with Crippen molar-refractivity contribution >= 4 is 5.91 Å². The summed E-state index contributed by atoms with van der Waals surface area (Å²) in [6.45, 7) is 1.26. The van der Waals surface area contributed by atoms with Crippen molar-refractivity contribution in [1.29, 1.82) is 0 Å². The van der Waals surface area contributed by atoms with E-state index in [1.165, 1.54) is 0 Å². The van der Waals surface area contributed by atoms with Gasteiger partial charge in [0.1, 0.15) is 17.6 Å². The Hall–Kier alpha value is -3.39. The smallest absolute Gasteiger partial charge is 0.258 e. The number of amides is 1. The average Bonchev–Trinajstić information content (AvgIpc) is 3.29. The molecule has 1 atom stereocenters. The number of aromatic nitrogens is 2. The van der Waals surface area contributed by atoms with Gasteiger partial charge in [0.05, 0.1) is 27.4 Å². The minimum Gasteiger partial charge on any atom is -0.497 e. The molecule has 1 aliphatic heterocycles. The molecule has 29 heavy (non-hydrogen) atoms. The van der Waals surface area contributed by atoms with E-state index in [1.54, 1.807) is 43.4 Å². The summed E-state index contributed by atoms with van der Waals surface area (Å²) in [4.78, 5) is 19.0. The van der Waals surface area contributed by atoms with E-state index in [0.717, 1.165) is 11.3 Å². The van der Waals surface area contributed by atoms with Gasteiger partial charge >= 0.3 is 0 Å². The van der Waals surface area contributed by atoms with Crippen molar-refractivity contribution in [3.63, 3.8) is 0 Å². The summed E-state index contributed by atoms with van der Waals surface area (Å²) >= 11 is 0. The molecule has 2 aromatic carbocycles. The first kappa shape index (κ1) is 18.9. The third-order valence-corrected chi connectivity index (χ3v) is 4.76. The maximum atomic E-state index is 12.8. The van der Waals surface area contributed by atoms with Crippen molar-refractivity contribution < 1.29 is 23.5 Å². The van der Waals surface area contributed by atoms with Crippen molar-refractivity contribution in [3.8, 4) is 23.0 Å². The first-order chi connectivity index (χ1) is 14.2. The lowest BCUT2D eigenvalue weighted by Gasteiger charge is -2.31. The van der Waals surface area contributed by atoms with Gasteiger partial charge in [0.2, 0.25) is 5.82 Å². The Morgan fingerprint density at radius 2 is 1.69 bits per heavy atom.